The summed E-state index contributed by atoms with van der Waals surface area (Å²) in [5, 5.41) is 13.1. The molecular weight excluding hydrogens is 669 g/mol. The highest BCUT2D eigenvalue weighted by Crippen LogP contribution is 2.38. The third kappa shape index (κ3) is 10.2. The number of nitrogens with zero attached hydrogens (tertiary/aromatic N) is 3. The number of benzene rings is 3. The summed E-state index contributed by atoms with van der Waals surface area (Å²) in [5.74, 6) is 1.04. The van der Waals surface area contributed by atoms with E-state index < -0.39 is 17.0 Å². The average molecular weight is 721 g/mol. The standard InChI is InChI=1S/C43H52N4O4S/c1-10-13-31(7)42-35(14-12-15-38(42)46(8)9)28-52(50)45-36-21-17-32(18-22-36)16-19-33-24-37(30(5)6)40(51-27-29(3)4)25-39(33)47(11-2)41-23-20-34(26-44-41)43(48)49/h10,12-26,28-30,45H,11,27H2,1-9H3,(H,48,49)/b13-10-,19-16+,35-28+,42-31+. The van der Waals surface area contributed by atoms with Crippen LogP contribution in [0.5, 0.6) is 5.75 Å². The maximum Gasteiger partial charge on any atom is 0.337 e. The summed E-state index contributed by atoms with van der Waals surface area (Å²) in [6.07, 6.45) is 9.60. The zero-order chi connectivity index (χ0) is 37.9. The number of nitrogens with one attached hydrogen (secondary N) is 1. The number of allylic oxidation sites excluding steroid dienone is 2. The summed E-state index contributed by atoms with van der Waals surface area (Å²) >= 11 is 0. The van der Waals surface area contributed by atoms with Crippen LogP contribution in [0, 0.1) is 5.92 Å². The molecule has 1 aromatic heterocycles. The van der Waals surface area contributed by atoms with Crippen LogP contribution in [0.25, 0.3) is 23.1 Å². The van der Waals surface area contributed by atoms with E-state index in [0.717, 1.165) is 55.5 Å². The van der Waals surface area contributed by atoms with E-state index in [9.17, 15) is 14.1 Å². The zero-order valence-electron chi connectivity index (χ0n) is 31.8. The van der Waals surface area contributed by atoms with Crippen molar-refractivity contribution >= 4 is 63.0 Å². The van der Waals surface area contributed by atoms with Crippen LogP contribution in [0.3, 0.4) is 0 Å². The molecule has 0 bridgehead atoms. The van der Waals surface area contributed by atoms with Crippen LogP contribution in [0.2, 0.25) is 0 Å². The van der Waals surface area contributed by atoms with Gasteiger partial charge in [0.25, 0.3) is 0 Å². The Labute approximate surface area is 311 Å². The predicted molar refractivity (Wildman–Crippen MR) is 220 cm³/mol. The largest absolute Gasteiger partial charge is 0.493 e. The fourth-order valence-corrected chi connectivity index (χ4v) is 6.69. The number of carbonyl (C=O) groups is 1. The number of aromatic carboxylic acids is 1. The molecule has 0 aliphatic carbocycles. The SMILES string of the molecule is C\C=C/C(C)=c1/c(N(C)C)ccc/c1=C\S(=O)Nc1ccc(/C=C/c2cc(C(C)C)c(OCC(C)C)cc2N(CC)c2ccc(C(=O)O)cn2)cc1. The van der Waals surface area contributed by atoms with Gasteiger partial charge in [0, 0.05) is 54.9 Å². The molecule has 0 fully saturated rings. The van der Waals surface area contributed by atoms with Crippen molar-refractivity contribution in [3.63, 3.8) is 0 Å². The van der Waals surface area contributed by atoms with E-state index in [1.807, 2.05) is 70.4 Å². The Morgan fingerprint density at radius 1 is 1.00 bits per heavy atom. The van der Waals surface area contributed by atoms with Gasteiger partial charge in [-0.1, -0.05) is 76.3 Å². The van der Waals surface area contributed by atoms with E-state index in [2.05, 4.69) is 90.6 Å². The molecule has 4 rings (SSSR count). The van der Waals surface area contributed by atoms with Crippen molar-refractivity contribution in [2.45, 2.75) is 54.4 Å². The highest BCUT2D eigenvalue weighted by molar-refractivity contribution is 7.93. The van der Waals surface area contributed by atoms with Crippen LogP contribution in [0.15, 0.2) is 85.1 Å². The van der Waals surface area contributed by atoms with Gasteiger partial charge in [0.05, 0.1) is 17.9 Å². The van der Waals surface area contributed by atoms with Crippen LogP contribution in [0.4, 0.5) is 22.9 Å². The van der Waals surface area contributed by atoms with Crippen LogP contribution < -0.4 is 29.7 Å². The van der Waals surface area contributed by atoms with Crippen molar-refractivity contribution in [1.29, 1.82) is 0 Å². The number of ether oxygens (including phenoxy) is 1. The van der Waals surface area contributed by atoms with Crippen molar-refractivity contribution in [2.24, 2.45) is 5.92 Å². The van der Waals surface area contributed by atoms with E-state index in [4.69, 9.17) is 4.74 Å². The Hall–Kier alpha value is -5.15. The molecule has 3 aromatic carbocycles. The third-order valence-corrected chi connectivity index (χ3v) is 9.32. The number of carboxylic acid groups (broad SMARTS) is 1. The first-order valence-corrected chi connectivity index (χ1v) is 18.9. The molecule has 0 amide bonds. The fraction of sp³-hybridized carbons (Fsp3) is 0.302. The van der Waals surface area contributed by atoms with E-state index in [0.29, 0.717) is 24.9 Å². The van der Waals surface area contributed by atoms with Gasteiger partial charge in [0.1, 0.15) is 22.6 Å². The van der Waals surface area contributed by atoms with Crippen LogP contribution in [-0.2, 0) is 11.0 Å². The molecule has 0 spiro atoms. The summed E-state index contributed by atoms with van der Waals surface area (Å²) in [6.45, 7) is 15.9. The van der Waals surface area contributed by atoms with E-state index >= 15 is 0 Å². The first kappa shape index (κ1) is 39.6. The summed E-state index contributed by atoms with van der Waals surface area (Å²) in [4.78, 5) is 20.1. The van der Waals surface area contributed by atoms with Gasteiger partial charge in [-0.25, -0.2) is 14.0 Å². The lowest BCUT2D eigenvalue weighted by atomic mass is 9.97. The Balaban J connectivity index is 1.68. The number of rotatable bonds is 15. The Morgan fingerprint density at radius 2 is 1.73 bits per heavy atom. The molecule has 8 nitrogen and oxygen atoms in total. The zero-order valence-corrected chi connectivity index (χ0v) is 32.6. The lowest BCUT2D eigenvalue weighted by Crippen LogP contribution is -2.33. The number of anilines is 4. The molecule has 0 aliphatic rings. The van der Waals surface area contributed by atoms with Crippen molar-refractivity contribution in [1.82, 2.24) is 4.98 Å². The Morgan fingerprint density at radius 3 is 2.31 bits per heavy atom. The van der Waals surface area contributed by atoms with Crippen LogP contribution >= 0.6 is 0 Å². The van der Waals surface area contributed by atoms with Gasteiger partial charge < -0.3 is 24.4 Å². The Bertz CT molecular complexity index is 2050. The van der Waals surface area contributed by atoms with Gasteiger partial charge >= 0.3 is 5.97 Å². The summed E-state index contributed by atoms with van der Waals surface area (Å²) in [5.41, 5.74) is 7.00. The number of aromatic nitrogens is 1. The number of hydrogen-bond donors (Lipinski definition) is 2. The highest BCUT2D eigenvalue weighted by Gasteiger charge is 2.19. The number of carboxylic acids is 1. The van der Waals surface area contributed by atoms with Crippen molar-refractivity contribution < 1.29 is 18.8 Å². The second kappa shape index (κ2) is 18.4. The molecule has 0 saturated carbocycles. The second-order valence-electron chi connectivity index (χ2n) is 13.6. The van der Waals surface area contributed by atoms with Gasteiger partial charge in [-0.3, -0.25) is 0 Å². The monoisotopic (exact) mass is 720 g/mol. The maximum absolute atomic E-state index is 13.3. The van der Waals surface area contributed by atoms with Crippen LogP contribution in [0.1, 0.15) is 81.4 Å². The molecule has 0 radical (unpaired) electrons. The lowest BCUT2D eigenvalue weighted by molar-refractivity contribution is 0.0696. The first-order chi connectivity index (χ1) is 24.8. The molecule has 4 aromatic rings. The Kier molecular flexibility index (Phi) is 14.0. The molecule has 2 N–H and O–H groups in total. The van der Waals surface area contributed by atoms with E-state index in [-0.39, 0.29) is 11.5 Å². The number of pyridine rings is 1. The lowest BCUT2D eigenvalue weighted by Gasteiger charge is -2.27. The fourth-order valence-electron chi connectivity index (χ4n) is 5.83. The molecule has 9 heteroatoms. The molecule has 1 heterocycles. The van der Waals surface area contributed by atoms with Crippen molar-refractivity contribution in [3.8, 4) is 5.75 Å². The highest BCUT2D eigenvalue weighted by atomic mass is 32.2. The van der Waals surface area contributed by atoms with E-state index in [1.54, 1.807) is 17.5 Å². The molecule has 1 atom stereocenters. The van der Waals surface area contributed by atoms with Gasteiger partial charge in [-0.2, -0.15) is 0 Å². The van der Waals surface area contributed by atoms with Gasteiger partial charge in [0.15, 0.2) is 0 Å². The normalized spacial score (nSPS) is 13.2. The molecule has 0 saturated heterocycles. The van der Waals surface area contributed by atoms with Gasteiger partial charge in [-0.15, -0.1) is 0 Å². The summed E-state index contributed by atoms with van der Waals surface area (Å²) in [6, 6.07) is 21.4. The minimum Gasteiger partial charge on any atom is -0.493 e. The van der Waals surface area contributed by atoms with Crippen LogP contribution in [-0.4, -0.2) is 47.5 Å². The van der Waals surface area contributed by atoms with Crippen molar-refractivity contribution in [3.05, 3.63) is 118 Å². The minimum absolute atomic E-state index is 0.136. The first-order valence-electron chi connectivity index (χ1n) is 17.7. The van der Waals surface area contributed by atoms with Gasteiger partial charge in [0.2, 0.25) is 0 Å². The summed E-state index contributed by atoms with van der Waals surface area (Å²) in [7, 11) is 2.56. The van der Waals surface area contributed by atoms with Gasteiger partial charge in [-0.05, 0) is 96.5 Å². The summed E-state index contributed by atoms with van der Waals surface area (Å²) < 4.78 is 22.8. The quantitative estimate of drug-likeness (QED) is 0.119. The smallest absolute Gasteiger partial charge is 0.337 e. The topological polar surface area (TPSA) is 95.0 Å². The molecule has 0 aliphatic heterocycles. The molecule has 52 heavy (non-hydrogen) atoms. The average Bonchev–Trinajstić information content (AvgIpc) is 3.11. The predicted octanol–water partition coefficient (Wildman–Crippen LogP) is 8.59. The molecule has 1 unspecified atom stereocenters. The molecule has 274 valence electrons. The third-order valence-electron chi connectivity index (χ3n) is 8.42. The number of hydrogen-bond acceptors (Lipinski definition) is 6. The second-order valence-corrected chi connectivity index (χ2v) is 14.6. The minimum atomic E-state index is -1.47. The molecular formula is C43H52N4O4S. The van der Waals surface area contributed by atoms with E-state index in [1.165, 1.54) is 6.20 Å². The maximum atomic E-state index is 13.3. The van der Waals surface area contributed by atoms with Crippen molar-refractivity contribution in [2.75, 3.05) is 41.8 Å².